The topological polar surface area (TPSA) is 9.23 Å². The molecule has 1 saturated carbocycles. The Labute approximate surface area is 157 Å². The van der Waals surface area contributed by atoms with E-state index < -0.39 is 11.6 Å². The van der Waals surface area contributed by atoms with Gasteiger partial charge in [-0.15, -0.1) is 0 Å². The summed E-state index contributed by atoms with van der Waals surface area (Å²) in [4.78, 5) is 0. The van der Waals surface area contributed by atoms with Crippen molar-refractivity contribution in [2.24, 2.45) is 11.8 Å². The maximum Gasteiger partial charge on any atom is 0.201 e. The molecule has 142 valence electrons. The Kier molecular flexibility index (Phi) is 4.75. The van der Waals surface area contributed by atoms with E-state index in [9.17, 15) is 13.2 Å². The molecule has 0 aliphatic heterocycles. The third-order valence-corrected chi connectivity index (χ3v) is 6.11. The third kappa shape index (κ3) is 3.05. The number of fused-ring (bicyclic) bond motifs is 1. The summed E-state index contributed by atoms with van der Waals surface area (Å²) in [5.74, 6) is -1.22. The van der Waals surface area contributed by atoms with Gasteiger partial charge in [-0.3, -0.25) is 0 Å². The smallest absolute Gasteiger partial charge is 0.201 e. The van der Waals surface area contributed by atoms with E-state index in [1.165, 1.54) is 6.07 Å². The van der Waals surface area contributed by atoms with Crippen LogP contribution < -0.4 is 4.74 Å². The number of aryl methyl sites for hydroxylation is 1. The summed E-state index contributed by atoms with van der Waals surface area (Å²) in [6, 6.07) is 8.59. The quantitative estimate of drug-likeness (QED) is 0.603. The van der Waals surface area contributed by atoms with Crippen molar-refractivity contribution in [3.63, 3.8) is 0 Å². The average Bonchev–Trinajstić information content (AvgIpc) is 3.24. The number of ether oxygens (including phenoxy) is 1. The minimum Gasteiger partial charge on any atom is -0.491 e. The molecule has 3 atom stereocenters. The monoisotopic (exact) mass is 372 g/mol. The summed E-state index contributed by atoms with van der Waals surface area (Å²) in [7, 11) is 0. The first-order chi connectivity index (χ1) is 13.0. The van der Waals surface area contributed by atoms with E-state index in [0.29, 0.717) is 17.0 Å². The summed E-state index contributed by atoms with van der Waals surface area (Å²) >= 11 is 0. The van der Waals surface area contributed by atoms with Crippen LogP contribution in [0.1, 0.15) is 48.8 Å². The summed E-state index contributed by atoms with van der Waals surface area (Å²) in [5, 5.41) is 0. The zero-order valence-electron chi connectivity index (χ0n) is 15.6. The van der Waals surface area contributed by atoms with Crippen molar-refractivity contribution in [3.8, 4) is 5.75 Å². The third-order valence-electron chi connectivity index (χ3n) is 6.11. The van der Waals surface area contributed by atoms with Crippen LogP contribution in [0.25, 0.3) is 5.57 Å². The van der Waals surface area contributed by atoms with Gasteiger partial charge < -0.3 is 4.74 Å². The van der Waals surface area contributed by atoms with Crippen molar-refractivity contribution in [2.75, 3.05) is 6.61 Å². The molecular weight excluding hydrogens is 349 g/mol. The van der Waals surface area contributed by atoms with E-state index in [1.54, 1.807) is 26.0 Å². The second-order valence-electron chi connectivity index (χ2n) is 7.53. The van der Waals surface area contributed by atoms with E-state index in [-0.39, 0.29) is 30.0 Å². The number of benzene rings is 2. The molecule has 2 aromatic carbocycles. The van der Waals surface area contributed by atoms with Crippen LogP contribution in [0.3, 0.4) is 0 Å². The van der Waals surface area contributed by atoms with Crippen LogP contribution in [0.15, 0.2) is 36.4 Å². The second kappa shape index (κ2) is 7.06. The molecule has 0 radical (unpaired) electrons. The molecule has 0 amide bonds. The molecule has 0 N–H and O–H groups in total. The molecule has 0 aromatic heterocycles. The van der Waals surface area contributed by atoms with Crippen molar-refractivity contribution in [3.05, 3.63) is 70.5 Å². The molecule has 27 heavy (non-hydrogen) atoms. The SMILES string of the molecule is CCOc1ccc(C2=CCC3C2CCC3c2ccc(C)c(F)c2)c(F)c1F. The van der Waals surface area contributed by atoms with Crippen molar-refractivity contribution < 1.29 is 17.9 Å². The zero-order valence-corrected chi connectivity index (χ0v) is 15.6. The minimum atomic E-state index is -0.922. The Bertz CT molecular complexity index is 903. The Morgan fingerprint density at radius 1 is 1.00 bits per heavy atom. The highest BCUT2D eigenvalue weighted by atomic mass is 19.2. The molecule has 3 unspecified atom stereocenters. The van der Waals surface area contributed by atoms with Gasteiger partial charge >= 0.3 is 0 Å². The van der Waals surface area contributed by atoms with Gasteiger partial charge in [-0.05, 0) is 85.8 Å². The van der Waals surface area contributed by atoms with E-state index in [1.807, 2.05) is 18.2 Å². The fraction of sp³-hybridized carbons (Fsp3) is 0.391. The zero-order chi connectivity index (χ0) is 19.1. The highest BCUT2D eigenvalue weighted by Crippen LogP contribution is 2.55. The second-order valence-corrected chi connectivity index (χ2v) is 7.53. The van der Waals surface area contributed by atoms with Crippen LogP contribution in [0.5, 0.6) is 5.75 Å². The molecule has 2 aliphatic rings. The van der Waals surface area contributed by atoms with Gasteiger partial charge in [0.25, 0.3) is 0 Å². The van der Waals surface area contributed by atoms with Gasteiger partial charge in [0.15, 0.2) is 11.6 Å². The van der Waals surface area contributed by atoms with Gasteiger partial charge in [0.05, 0.1) is 6.61 Å². The van der Waals surface area contributed by atoms with Gasteiger partial charge in [0.1, 0.15) is 5.82 Å². The van der Waals surface area contributed by atoms with Crippen LogP contribution in [0, 0.1) is 36.2 Å². The van der Waals surface area contributed by atoms with Gasteiger partial charge in [0, 0.05) is 5.56 Å². The predicted molar refractivity (Wildman–Crippen MR) is 100 cm³/mol. The van der Waals surface area contributed by atoms with Gasteiger partial charge in [-0.1, -0.05) is 18.2 Å². The number of rotatable bonds is 4. The Morgan fingerprint density at radius 3 is 2.52 bits per heavy atom. The molecule has 0 bridgehead atoms. The lowest BCUT2D eigenvalue weighted by atomic mass is 9.83. The van der Waals surface area contributed by atoms with Crippen molar-refractivity contribution >= 4 is 5.57 Å². The minimum absolute atomic E-state index is 0.0478. The molecule has 0 spiro atoms. The first kappa shape index (κ1) is 18.1. The Balaban J connectivity index is 1.60. The molecule has 2 aliphatic carbocycles. The lowest BCUT2D eigenvalue weighted by Gasteiger charge is -2.21. The summed E-state index contributed by atoms with van der Waals surface area (Å²) in [6.07, 6.45) is 4.69. The normalized spacial score (nSPS) is 24.0. The van der Waals surface area contributed by atoms with Crippen LogP contribution in [-0.4, -0.2) is 6.61 Å². The maximum absolute atomic E-state index is 14.7. The van der Waals surface area contributed by atoms with Crippen molar-refractivity contribution in [2.45, 2.75) is 39.0 Å². The summed E-state index contributed by atoms with van der Waals surface area (Å²) < 4.78 is 48.1. The molecule has 4 heteroatoms. The summed E-state index contributed by atoms with van der Waals surface area (Å²) in [6.45, 7) is 3.79. The summed E-state index contributed by atoms with van der Waals surface area (Å²) in [5.41, 5.74) is 2.87. The number of halogens is 3. The van der Waals surface area contributed by atoms with Crippen LogP contribution in [0.2, 0.25) is 0 Å². The molecule has 1 nitrogen and oxygen atoms in total. The van der Waals surface area contributed by atoms with Crippen LogP contribution in [0.4, 0.5) is 13.2 Å². The first-order valence-electron chi connectivity index (χ1n) is 9.58. The highest BCUT2D eigenvalue weighted by molar-refractivity contribution is 5.71. The van der Waals surface area contributed by atoms with E-state index >= 15 is 0 Å². The van der Waals surface area contributed by atoms with Crippen molar-refractivity contribution in [1.82, 2.24) is 0 Å². The fourth-order valence-electron chi connectivity index (χ4n) is 4.78. The standard InChI is InChI=1S/C23H23F3O/c1-3-27-21-11-10-19(22(25)23(21)26)18-9-8-16-15(6-7-17(16)18)14-5-4-13(2)20(24)12-14/h4-5,9-12,15-17H,3,6-8H2,1-2H3. The van der Waals surface area contributed by atoms with E-state index in [2.05, 4.69) is 0 Å². The Hall–Kier alpha value is -2.23. The lowest BCUT2D eigenvalue weighted by Crippen LogP contribution is -2.11. The average molecular weight is 372 g/mol. The largest absolute Gasteiger partial charge is 0.491 e. The molecule has 0 saturated heterocycles. The first-order valence-corrected chi connectivity index (χ1v) is 9.58. The number of allylic oxidation sites excluding steroid dienone is 2. The van der Waals surface area contributed by atoms with Gasteiger partial charge in [-0.2, -0.15) is 4.39 Å². The van der Waals surface area contributed by atoms with Crippen molar-refractivity contribution in [1.29, 1.82) is 0 Å². The molecular formula is C23H23F3O. The number of hydrogen-bond acceptors (Lipinski definition) is 1. The molecule has 0 heterocycles. The van der Waals surface area contributed by atoms with Gasteiger partial charge in [-0.25, -0.2) is 8.78 Å². The molecule has 1 fully saturated rings. The Morgan fingerprint density at radius 2 is 1.78 bits per heavy atom. The highest BCUT2D eigenvalue weighted by Gasteiger charge is 2.42. The van der Waals surface area contributed by atoms with E-state index in [4.69, 9.17) is 4.74 Å². The van der Waals surface area contributed by atoms with E-state index in [0.717, 1.165) is 30.4 Å². The molecule has 4 rings (SSSR count). The van der Waals surface area contributed by atoms with Crippen LogP contribution >= 0.6 is 0 Å². The predicted octanol–water partition coefficient (Wildman–Crippen LogP) is 6.41. The lowest BCUT2D eigenvalue weighted by molar-refractivity contribution is 0.314. The van der Waals surface area contributed by atoms with Crippen LogP contribution in [-0.2, 0) is 0 Å². The van der Waals surface area contributed by atoms with Gasteiger partial charge in [0.2, 0.25) is 5.82 Å². The maximum atomic E-state index is 14.7. The fourth-order valence-corrected chi connectivity index (χ4v) is 4.78. The molecule has 2 aromatic rings. The number of hydrogen-bond donors (Lipinski definition) is 0.